The van der Waals surface area contributed by atoms with E-state index in [0.29, 0.717) is 16.1 Å². The van der Waals surface area contributed by atoms with Gasteiger partial charge in [-0.3, -0.25) is 9.69 Å². The molecular weight excluding hydrogens is 331 g/mol. The van der Waals surface area contributed by atoms with Gasteiger partial charge in [-0.15, -0.1) is 0 Å². The van der Waals surface area contributed by atoms with Crippen molar-refractivity contribution in [3.05, 3.63) is 33.8 Å². The predicted molar refractivity (Wildman–Crippen MR) is 94.9 cm³/mol. The van der Waals surface area contributed by atoms with Gasteiger partial charge >= 0.3 is 0 Å². The standard InChI is InChI=1S/C18H24Cl2N2O/c19-16-6-5-13(11-17(16)20)12-22-9-7-14(8-10-22)18(23)21-15-3-1-2-4-15/h5-6,11,14-15H,1-4,7-10,12H2,(H,21,23). The van der Waals surface area contributed by atoms with Crippen LogP contribution in [0.1, 0.15) is 44.1 Å². The molecule has 0 spiro atoms. The number of hydrogen-bond donors (Lipinski definition) is 1. The molecule has 3 nitrogen and oxygen atoms in total. The van der Waals surface area contributed by atoms with E-state index >= 15 is 0 Å². The summed E-state index contributed by atoms with van der Waals surface area (Å²) in [6.07, 6.45) is 6.71. The third-order valence-electron chi connectivity index (χ3n) is 5.05. The van der Waals surface area contributed by atoms with E-state index in [0.717, 1.165) is 45.3 Å². The number of likely N-dealkylation sites (tertiary alicyclic amines) is 1. The number of nitrogens with zero attached hydrogens (tertiary/aromatic N) is 1. The average Bonchev–Trinajstić information content (AvgIpc) is 3.04. The summed E-state index contributed by atoms with van der Waals surface area (Å²) in [5.74, 6) is 0.451. The quantitative estimate of drug-likeness (QED) is 0.875. The van der Waals surface area contributed by atoms with E-state index in [1.54, 1.807) is 0 Å². The lowest BCUT2D eigenvalue weighted by Gasteiger charge is -2.32. The summed E-state index contributed by atoms with van der Waals surface area (Å²) in [5, 5.41) is 4.44. The highest BCUT2D eigenvalue weighted by molar-refractivity contribution is 6.42. The largest absolute Gasteiger partial charge is 0.353 e. The number of halogens is 2. The highest BCUT2D eigenvalue weighted by atomic mass is 35.5. The first-order valence-corrected chi connectivity index (χ1v) is 9.34. The Labute approximate surface area is 148 Å². The molecule has 0 atom stereocenters. The van der Waals surface area contributed by atoms with Crippen LogP contribution in [0.25, 0.3) is 0 Å². The van der Waals surface area contributed by atoms with Crippen molar-refractivity contribution in [3.8, 4) is 0 Å². The highest BCUT2D eigenvalue weighted by Gasteiger charge is 2.27. The first-order chi connectivity index (χ1) is 11.1. The average molecular weight is 355 g/mol. The van der Waals surface area contributed by atoms with Crippen molar-refractivity contribution in [3.63, 3.8) is 0 Å². The fraction of sp³-hybridized carbons (Fsp3) is 0.611. The Hall–Kier alpha value is -0.770. The number of nitrogens with one attached hydrogen (secondary N) is 1. The molecule has 1 amide bonds. The number of benzene rings is 1. The zero-order valence-corrected chi connectivity index (χ0v) is 14.9. The van der Waals surface area contributed by atoms with Crippen molar-refractivity contribution in [2.45, 2.75) is 51.1 Å². The van der Waals surface area contributed by atoms with Gasteiger partial charge in [-0.05, 0) is 56.5 Å². The second-order valence-corrected chi connectivity index (χ2v) is 7.60. The number of carbonyl (C=O) groups excluding carboxylic acids is 1. The van der Waals surface area contributed by atoms with Crippen LogP contribution in [0.2, 0.25) is 10.0 Å². The Morgan fingerprint density at radius 3 is 2.43 bits per heavy atom. The Balaban J connectivity index is 1.46. The molecule has 1 aromatic carbocycles. The summed E-state index contributed by atoms with van der Waals surface area (Å²) < 4.78 is 0. The van der Waals surface area contributed by atoms with Crippen molar-refractivity contribution in [2.24, 2.45) is 5.92 Å². The van der Waals surface area contributed by atoms with Gasteiger partial charge in [0.05, 0.1) is 10.0 Å². The molecule has 3 rings (SSSR count). The predicted octanol–water partition coefficient (Wildman–Crippen LogP) is 4.26. The van der Waals surface area contributed by atoms with Gasteiger partial charge in [0.1, 0.15) is 0 Å². The van der Waals surface area contributed by atoms with Crippen LogP contribution in [-0.2, 0) is 11.3 Å². The fourth-order valence-electron chi connectivity index (χ4n) is 3.64. The molecule has 2 fully saturated rings. The maximum Gasteiger partial charge on any atom is 0.223 e. The smallest absolute Gasteiger partial charge is 0.223 e. The van der Waals surface area contributed by atoms with Gasteiger partial charge < -0.3 is 5.32 Å². The Morgan fingerprint density at radius 2 is 1.78 bits per heavy atom. The summed E-state index contributed by atoms with van der Waals surface area (Å²) in [6.45, 7) is 2.79. The molecule has 1 saturated carbocycles. The van der Waals surface area contributed by atoms with E-state index in [4.69, 9.17) is 23.2 Å². The molecule has 5 heteroatoms. The number of piperidine rings is 1. The number of carbonyl (C=O) groups is 1. The lowest BCUT2D eigenvalue weighted by Crippen LogP contribution is -2.42. The van der Waals surface area contributed by atoms with Crippen LogP contribution in [0.4, 0.5) is 0 Å². The Bertz CT molecular complexity index is 550. The normalized spacial score (nSPS) is 20.8. The molecule has 0 radical (unpaired) electrons. The van der Waals surface area contributed by atoms with Gasteiger partial charge in [0.2, 0.25) is 5.91 Å². The number of amides is 1. The zero-order valence-electron chi connectivity index (χ0n) is 13.4. The van der Waals surface area contributed by atoms with Crippen LogP contribution in [0.5, 0.6) is 0 Å². The van der Waals surface area contributed by atoms with Gasteiger partial charge in [0, 0.05) is 18.5 Å². The van der Waals surface area contributed by atoms with Gasteiger partial charge in [-0.1, -0.05) is 42.1 Å². The van der Waals surface area contributed by atoms with Crippen LogP contribution < -0.4 is 5.32 Å². The molecule has 23 heavy (non-hydrogen) atoms. The van der Waals surface area contributed by atoms with Crippen molar-refractivity contribution < 1.29 is 4.79 Å². The van der Waals surface area contributed by atoms with Crippen LogP contribution >= 0.6 is 23.2 Å². The lowest BCUT2D eigenvalue weighted by molar-refractivity contribution is -0.127. The molecule has 1 saturated heterocycles. The number of hydrogen-bond acceptors (Lipinski definition) is 2. The van der Waals surface area contributed by atoms with Crippen molar-refractivity contribution in [1.82, 2.24) is 10.2 Å². The third kappa shape index (κ3) is 4.62. The molecule has 126 valence electrons. The summed E-state index contributed by atoms with van der Waals surface area (Å²) in [4.78, 5) is 14.7. The zero-order chi connectivity index (χ0) is 16.2. The van der Waals surface area contributed by atoms with Gasteiger partial charge in [0.15, 0.2) is 0 Å². The van der Waals surface area contributed by atoms with Crippen molar-refractivity contribution in [1.29, 1.82) is 0 Å². The Morgan fingerprint density at radius 1 is 1.09 bits per heavy atom. The molecule has 2 aliphatic rings. The van der Waals surface area contributed by atoms with E-state index in [-0.39, 0.29) is 11.8 Å². The molecular formula is C18H24Cl2N2O. The third-order valence-corrected chi connectivity index (χ3v) is 5.79. The van der Waals surface area contributed by atoms with E-state index in [2.05, 4.69) is 10.2 Å². The van der Waals surface area contributed by atoms with E-state index in [9.17, 15) is 4.79 Å². The molecule has 1 aliphatic heterocycles. The first kappa shape index (κ1) is 17.1. The monoisotopic (exact) mass is 354 g/mol. The molecule has 0 bridgehead atoms. The summed E-state index contributed by atoms with van der Waals surface area (Å²) in [5.41, 5.74) is 1.17. The maximum atomic E-state index is 12.3. The lowest BCUT2D eigenvalue weighted by atomic mass is 9.95. The van der Waals surface area contributed by atoms with Crippen LogP contribution in [0.3, 0.4) is 0 Å². The molecule has 1 N–H and O–H groups in total. The molecule has 1 heterocycles. The minimum atomic E-state index is 0.181. The SMILES string of the molecule is O=C(NC1CCCC1)C1CCN(Cc2ccc(Cl)c(Cl)c2)CC1. The molecule has 1 aliphatic carbocycles. The second kappa shape index (κ2) is 7.87. The summed E-state index contributed by atoms with van der Waals surface area (Å²) >= 11 is 12.0. The fourth-order valence-corrected chi connectivity index (χ4v) is 3.96. The number of rotatable bonds is 4. The first-order valence-electron chi connectivity index (χ1n) is 8.58. The van der Waals surface area contributed by atoms with Crippen LogP contribution in [0, 0.1) is 5.92 Å². The minimum Gasteiger partial charge on any atom is -0.353 e. The molecule has 0 aromatic heterocycles. The Kier molecular flexibility index (Phi) is 5.84. The van der Waals surface area contributed by atoms with Gasteiger partial charge in [-0.2, -0.15) is 0 Å². The molecule has 0 unspecified atom stereocenters. The molecule has 1 aromatic rings. The maximum absolute atomic E-state index is 12.3. The van der Waals surface area contributed by atoms with Crippen LogP contribution in [0.15, 0.2) is 18.2 Å². The minimum absolute atomic E-state index is 0.181. The van der Waals surface area contributed by atoms with E-state index in [1.807, 2.05) is 18.2 Å². The topological polar surface area (TPSA) is 32.3 Å². The summed E-state index contributed by atoms with van der Waals surface area (Å²) in [7, 11) is 0. The summed E-state index contributed by atoms with van der Waals surface area (Å²) in [6, 6.07) is 6.23. The van der Waals surface area contributed by atoms with Crippen LogP contribution in [-0.4, -0.2) is 29.9 Å². The van der Waals surface area contributed by atoms with Crippen molar-refractivity contribution >= 4 is 29.1 Å². The van der Waals surface area contributed by atoms with E-state index < -0.39 is 0 Å². The van der Waals surface area contributed by atoms with Gasteiger partial charge in [-0.25, -0.2) is 0 Å². The second-order valence-electron chi connectivity index (χ2n) is 6.79. The van der Waals surface area contributed by atoms with Gasteiger partial charge in [0.25, 0.3) is 0 Å². The van der Waals surface area contributed by atoms with E-state index in [1.165, 1.54) is 18.4 Å². The highest BCUT2D eigenvalue weighted by Crippen LogP contribution is 2.25. The van der Waals surface area contributed by atoms with Crippen molar-refractivity contribution in [2.75, 3.05) is 13.1 Å².